The summed E-state index contributed by atoms with van der Waals surface area (Å²) >= 11 is 0. The average molecular weight is 341 g/mol. The van der Waals surface area contributed by atoms with Gasteiger partial charge in [0.1, 0.15) is 6.61 Å². The van der Waals surface area contributed by atoms with E-state index in [1.807, 2.05) is 0 Å². The number of hydrogen-bond acceptors (Lipinski definition) is 2. The molecule has 0 aliphatic heterocycles. The van der Waals surface area contributed by atoms with Gasteiger partial charge in [0.15, 0.2) is 5.78 Å². The van der Waals surface area contributed by atoms with E-state index in [0.717, 1.165) is 19.3 Å². The van der Waals surface area contributed by atoms with Gasteiger partial charge in [0, 0.05) is 50.0 Å². The molecule has 49 valence electrons. The molecular formula is C6H10AcO2. The molecule has 0 saturated heterocycles. The Hall–Kier alpha value is 1.07. The van der Waals surface area contributed by atoms with E-state index in [1.165, 1.54) is 0 Å². The van der Waals surface area contributed by atoms with E-state index in [2.05, 4.69) is 0 Å². The number of carbonyl (C=O) groups is 1. The first kappa shape index (κ1) is 10.1. The zero-order chi connectivity index (χ0) is 5.98. The summed E-state index contributed by atoms with van der Waals surface area (Å²) < 4.78 is 0. The predicted molar refractivity (Wildman–Crippen MR) is 29.4 cm³/mol. The second-order valence-electron chi connectivity index (χ2n) is 2.25. The molecule has 3 heteroatoms. The third-order valence-electron chi connectivity index (χ3n) is 1.72. The first-order chi connectivity index (χ1) is 3.84. The quantitative estimate of drug-likeness (QED) is 0.787. The van der Waals surface area contributed by atoms with Crippen LogP contribution in [0.25, 0.3) is 0 Å². The number of aliphatic hydroxyl groups is 1. The molecule has 1 N–H and O–H groups in total. The fraction of sp³-hybridized carbons (Fsp3) is 0.833. The summed E-state index contributed by atoms with van der Waals surface area (Å²) in [6.45, 7) is -0.259. The topological polar surface area (TPSA) is 37.3 Å². The third kappa shape index (κ3) is 2.65. The number of carbonyl (C=O) groups excluding carboxylic acids is 1. The Morgan fingerprint density at radius 3 is 2.22 bits per heavy atom. The molecule has 0 aromatic carbocycles. The number of Topliss-reactive ketones (excluding diaryl/α,β-unsaturated/α-hetero) is 1. The molecule has 0 unspecified atom stereocenters. The van der Waals surface area contributed by atoms with Crippen LogP contribution in [0.3, 0.4) is 0 Å². The van der Waals surface area contributed by atoms with Crippen molar-refractivity contribution >= 4 is 5.78 Å². The van der Waals surface area contributed by atoms with Crippen molar-refractivity contribution in [3.05, 3.63) is 0 Å². The van der Waals surface area contributed by atoms with E-state index in [-0.39, 0.29) is 62.4 Å². The zero-order valence-corrected chi connectivity index (χ0v) is 10.1. The predicted octanol–water partition coefficient (Wildman–Crippen LogP) is 0.348. The van der Waals surface area contributed by atoms with Crippen LogP contribution in [0.1, 0.15) is 19.3 Å². The molecule has 0 bridgehead atoms. The van der Waals surface area contributed by atoms with Crippen LogP contribution in [0, 0.1) is 50.0 Å². The monoisotopic (exact) mass is 341 g/mol. The minimum absolute atomic E-state index is 0. The molecular weight excluding hydrogens is 331 g/mol. The van der Waals surface area contributed by atoms with Crippen LogP contribution in [0.2, 0.25) is 0 Å². The molecule has 1 saturated carbocycles. The third-order valence-corrected chi connectivity index (χ3v) is 1.72. The van der Waals surface area contributed by atoms with Gasteiger partial charge in [-0.1, -0.05) is 6.42 Å². The molecule has 0 amide bonds. The van der Waals surface area contributed by atoms with Crippen molar-refractivity contribution < 1.29 is 54.0 Å². The summed E-state index contributed by atoms with van der Waals surface area (Å²) in [6.07, 6.45) is 3.16. The summed E-state index contributed by atoms with van der Waals surface area (Å²) in [5.74, 6) is 0.233. The summed E-state index contributed by atoms with van der Waals surface area (Å²) in [5, 5.41) is 8.32. The van der Waals surface area contributed by atoms with Crippen LogP contribution >= 0.6 is 0 Å². The second kappa shape index (κ2) is 4.82. The summed E-state index contributed by atoms with van der Waals surface area (Å²) in [6, 6.07) is 0. The smallest absolute Gasteiger partial charge is 0.161 e. The number of ketones is 1. The van der Waals surface area contributed by atoms with Crippen LogP contribution < -0.4 is 0 Å². The van der Waals surface area contributed by atoms with Crippen LogP contribution in [-0.2, 0) is 4.79 Å². The molecule has 1 radical (unpaired) electrons. The van der Waals surface area contributed by atoms with Crippen molar-refractivity contribution in [2.45, 2.75) is 19.3 Å². The van der Waals surface area contributed by atoms with E-state index < -0.39 is 0 Å². The Bertz CT molecular complexity index is 99.2. The van der Waals surface area contributed by atoms with Crippen molar-refractivity contribution in [2.75, 3.05) is 6.61 Å². The van der Waals surface area contributed by atoms with Gasteiger partial charge in [-0.2, -0.15) is 0 Å². The van der Waals surface area contributed by atoms with Gasteiger partial charge in [-0.05, 0) is 12.8 Å². The molecule has 1 fully saturated rings. The van der Waals surface area contributed by atoms with Gasteiger partial charge in [0.05, 0.1) is 0 Å². The van der Waals surface area contributed by atoms with Gasteiger partial charge in [0.2, 0.25) is 0 Å². The minimum Gasteiger partial charge on any atom is -0.389 e. The maximum Gasteiger partial charge on any atom is 0.161 e. The van der Waals surface area contributed by atoms with Crippen molar-refractivity contribution in [3.8, 4) is 0 Å². The van der Waals surface area contributed by atoms with Gasteiger partial charge in [-0.3, -0.25) is 4.79 Å². The van der Waals surface area contributed by atoms with Gasteiger partial charge in [0.25, 0.3) is 0 Å². The number of aliphatic hydroxyl groups excluding tert-OH is 1. The second-order valence-corrected chi connectivity index (χ2v) is 2.25. The van der Waals surface area contributed by atoms with Crippen molar-refractivity contribution in [2.24, 2.45) is 5.92 Å². The Kier molecular flexibility index (Phi) is 5.40. The minimum atomic E-state index is -0.259. The van der Waals surface area contributed by atoms with Crippen LogP contribution in [-0.4, -0.2) is 17.5 Å². The fourth-order valence-corrected chi connectivity index (χ4v) is 0.859. The average Bonchev–Trinajstić information content (AvgIpc) is 1.62. The molecule has 9 heavy (non-hydrogen) atoms. The molecule has 1 aliphatic carbocycles. The van der Waals surface area contributed by atoms with E-state index in [0.29, 0.717) is 0 Å². The van der Waals surface area contributed by atoms with E-state index in [1.54, 1.807) is 0 Å². The van der Waals surface area contributed by atoms with Gasteiger partial charge >= 0.3 is 0 Å². The maximum absolute atomic E-state index is 10.5. The summed E-state index contributed by atoms with van der Waals surface area (Å²) in [4.78, 5) is 10.5. The molecule has 1 rings (SSSR count). The molecule has 0 atom stereocenters. The Morgan fingerprint density at radius 2 is 2.11 bits per heavy atom. The Morgan fingerprint density at radius 1 is 1.56 bits per heavy atom. The normalized spacial score (nSPS) is 17.9. The largest absolute Gasteiger partial charge is 0.389 e. The number of rotatable bonds is 2. The standard InChI is InChI=1S/C6H10O2.Ac/c7-4-6(8)5-2-1-3-5;/h5,7H,1-4H2;. The Balaban J connectivity index is 0.000000640. The molecule has 1 aliphatic rings. The van der Waals surface area contributed by atoms with Crippen LogP contribution in [0.4, 0.5) is 0 Å². The summed E-state index contributed by atoms with van der Waals surface area (Å²) in [7, 11) is 0. The van der Waals surface area contributed by atoms with E-state index in [9.17, 15) is 4.79 Å². The molecule has 0 heterocycles. The van der Waals surface area contributed by atoms with Crippen molar-refractivity contribution in [1.29, 1.82) is 0 Å². The zero-order valence-electron chi connectivity index (χ0n) is 5.34. The van der Waals surface area contributed by atoms with Gasteiger partial charge < -0.3 is 5.11 Å². The number of hydrogen-bond donors (Lipinski definition) is 1. The first-order valence-electron chi connectivity index (χ1n) is 2.98. The van der Waals surface area contributed by atoms with E-state index >= 15 is 0 Å². The summed E-state index contributed by atoms with van der Waals surface area (Å²) in [5.41, 5.74) is 0. The fourth-order valence-electron chi connectivity index (χ4n) is 0.859. The molecule has 0 aromatic heterocycles. The van der Waals surface area contributed by atoms with Crippen molar-refractivity contribution in [1.82, 2.24) is 0 Å². The van der Waals surface area contributed by atoms with Crippen LogP contribution in [0.15, 0.2) is 0 Å². The SMILES string of the molecule is O=C(CO)C1CCC1.[Ac]. The van der Waals surface area contributed by atoms with E-state index in [4.69, 9.17) is 5.11 Å². The van der Waals surface area contributed by atoms with Gasteiger partial charge in [-0.25, -0.2) is 0 Å². The van der Waals surface area contributed by atoms with Gasteiger partial charge in [-0.15, -0.1) is 0 Å². The Labute approximate surface area is 90.6 Å². The van der Waals surface area contributed by atoms with Crippen LogP contribution in [0.5, 0.6) is 0 Å². The van der Waals surface area contributed by atoms with Crippen molar-refractivity contribution in [3.63, 3.8) is 0 Å². The maximum atomic E-state index is 10.5. The molecule has 0 spiro atoms. The first-order valence-corrected chi connectivity index (χ1v) is 2.98. The molecule has 0 aromatic rings. The molecule has 2 nitrogen and oxygen atoms in total.